The zero-order valence-corrected chi connectivity index (χ0v) is 11.7. The standard InChI is InChI=1S/C15H17F2NO3/c1-18(6-2-3-14(19)20)15(21)12-8-11(12)10-5-4-9(16)7-13(10)17/h4-5,7,11-12H,2-3,6,8H2,1H3,(H,19,20)/t11-,12-/m0/s1. The molecule has 0 saturated heterocycles. The lowest BCUT2D eigenvalue weighted by Crippen LogP contribution is -2.29. The molecule has 1 amide bonds. The predicted octanol–water partition coefficient (Wildman–Crippen LogP) is 2.39. The van der Waals surface area contributed by atoms with Gasteiger partial charge in [-0.3, -0.25) is 9.59 Å². The van der Waals surface area contributed by atoms with Gasteiger partial charge >= 0.3 is 5.97 Å². The molecule has 4 nitrogen and oxygen atoms in total. The number of aliphatic carboxylic acids is 1. The van der Waals surface area contributed by atoms with Crippen molar-refractivity contribution in [2.75, 3.05) is 13.6 Å². The highest BCUT2D eigenvalue weighted by Gasteiger charge is 2.46. The highest BCUT2D eigenvalue weighted by Crippen LogP contribution is 2.49. The van der Waals surface area contributed by atoms with Gasteiger partial charge in [-0.1, -0.05) is 6.07 Å². The third-order valence-corrected chi connectivity index (χ3v) is 3.73. The van der Waals surface area contributed by atoms with Crippen molar-refractivity contribution in [3.05, 3.63) is 35.4 Å². The maximum absolute atomic E-state index is 13.6. The monoisotopic (exact) mass is 297 g/mol. The fourth-order valence-electron chi connectivity index (χ4n) is 2.47. The van der Waals surface area contributed by atoms with Crippen LogP contribution >= 0.6 is 0 Å². The molecule has 1 saturated carbocycles. The van der Waals surface area contributed by atoms with Crippen LogP contribution in [0.2, 0.25) is 0 Å². The van der Waals surface area contributed by atoms with Crippen LogP contribution in [0.1, 0.15) is 30.7 Å². The van der Waals surface area contributed by atoms with Gasteiger partial charge in [0.25, 0.3) is 0 Å². The van der Waals surface area contributed by atoms with E-state index in [-0.39, 0.29) is 24.2 Å². The molecule has 0 heterocycles. The van der Waals surface area contributed by atoms with Gasteiger partial charge in [-0.25, -0.2) is 8.78 Å². The Labute approximate surface area is 121 Å². The molecule has 0 bridgehead atoms. The number of hydrogen-bond donors (Lipinski definition) is 1. The van der Waals surface area contributed by atoms with Crippen molar-refractivity contribution in [2.45, 2.75) is 25.2 Å². The summed E-state index contributed by atoms with van der Waals surface area (Å²) in [6.07, 6.45) is 0.947. The molecule has 1 fully saturated rings. The Morgan fingerprint density at radius 3 is 2.71 bits per heavy atom. The van der Waals surface area contributed by atoms with E-state index in [1.165, 1.54) is 17.0 Å². The first-order valence-corrected chi connectivity index (χ1v) is 6.82. The number of carboxylic acid groups (broad SMARTS) is 1. The fraction of sp³-hybridized carbons (Fsp3) is 0.467. The molecule has 0 aliphatic heterocycles. The minimum absolute atomic E-state index is 0.0122. The van der Waals surface area contributed by atoms with Gasteiger partial charge in [0.15, 0.2) is 0 Å². The average Bonchev–Trinajstić information content (AvgIpc) is 3.17. The first-order chi connectivity index (χ1) is 9.90. The molecule has 0 radical (unpaired) electrons. The summed E-state index contributed by atoms with van der Waals surface area (Å²) in [5.41, 5.74) is 0.369. The summed E-state index contributed by atoms with van der Waals surface area (Å²) < 4.78 is 26.5. The lowest BCUT2D eigenvalue weighted by molar-refractivity contribution is -0.138. The van der Waals surface area contributed by atoms with Crippen LogP contribution in [0.5, 0.6) is 0 Å². The molecule has 1 N–H and O–H groups in total. The maximum atomic E-state index is 13.6. The van der Waals surface area contributed by atoms with E-state index >= 15 is 0 Å². The number of halogens is 2. The van der Waals surface area contributed by atoms with E-state index < -0.39 is 17.6 Å². The van der Waals surface area contributed by atoms with Crippen LogP contribution in [0.15, 0.2) is 18.2 Å². The molecule has 1 aliphatic carbocycles. The van der Waals surface area contributed by atoms with Crippen LogP contribution < -0.4 is 0 Å². The maximum Gasteiger partial charge on any atom is 0.303 e. The van der Waals surface area contributed by atoms with E-state index in [0.717, 1.165) is 6.07 Å². The summed E-state index contributed by atoms with van der Waals surface area (Å²) in [4.78, 5) is 24.0. The number of carboxylic acids is 1. The quantitative estimate of drug-likeness (QED) is 0.877. The third-order valence-electron chi connectivity index (χ3n) is 3.73. The van der Waals surface area contributed by atoms with Crippen LogP contribution in [-0.2, 0) is 9.59 Å². The van der Waals surface area contributed by atoms with Crippen molar-refractivity contribution >= 4 is 11.9 Å². The Bertz CT molecular complexity index is 562. The van der Waals surface area contributed by atoms with Crippen molar-refractivity contribution in [3.8, 4) is 0 Å². The number of amides is 1. The Kier molecular flexibility index (Phi) is 4.55. The van der Waals surface area contributed by atoms with Crippen molar-refractivity contribution in [3.63, 3.8) is 0 Å². The lowest BCUT2D eigenvalue weighted by Gasteiger charge is -2.16. The first-order valence-electron chi connectivity index (χ1n) is 6.82. The number of rotatable bonds is 6. The molecular weight excluding hydrogens is 280 g/mol. The van der Waals surface area contributed by atoms with Crippen molar-refractivity contribution in [1.82, 2.24) is 4.90 Å². The van der Waals surface area contributed by atoms with Crippen molar-refractivity contribution < 1.29 is 23.5 Å². The zero-order valence-electron chi connectivity index (χ0n) is 11.7. The number of carbonyl (C=O) groups excluding carboxylic acids is 1. The molecule has 0 unspecified atom stereocenters. The second-order valence-electron chi connectivity index (χ2n) is 5.37. The highest BCUT2D eigenvalue weighted by atomic mass is 19.1. The lowest BCUT2D eigenvalue weighted by atomic mass is 10.1. The van der Waals surface area contributed by atoms with Crippen molar-refractivity contribution in [1.29, 1.82) is 0 Å². The highest BCUT2D eigenvalue weighted by molar-refractivity contribution is 5.82. The minimum atomic E-state index is -0.895. The predicted molar refractivity (Wildman–Crippen MR) is 71.7 cm³/mol. The van der Waals surface area contributed by atoms with E-state index in [0.29, 0.717) is 24.9 Å². The Hall–Kier alpha value is -1.98. The van der Waals surface area contributed by atoms with Crippen LogP contribution in [0.4, 0.5) is 8.78 Å². The SMILES string of the molecule is CN(CCCC(=O)O)C(=O)[C@H]1C[C@H]1c1ccc(F)cc1F. The van der Waals surface area contributed by atoms with Crippen LogP contribution in [0.3, 0.4) is 0 Å². The number of carbonyl (C=O) groups is 2. The number of benzene rings is 1. The molecule has 2 rings (SSSR count). The van der Waals surface area contributed by atoms with Gasteiger partial charge in [-0.2, -0.15) is 0 Å². The van der Waals surface area contributed by atoms with E-state index in [1.54, 1.807) is 7.05 Å². The molecule has 6 heteroatoms. The molecule has 21 heavy (non-hydrogen) atoms. The molecule has 1 aromatic carbocycles. The molecule has 2 atom stereocenters. The van der Waals surface area contributed by atoms with Gasteiger partial charge in [0.2, 0.25) is 5.91 Å². The van der Waals surface area contributed by atoms with Crippen LogP contribution in [0.25, 0.3) is 0 Å². The second-order valence-corrected chi connectivity index (χ2v) is 5.37. The van der Waals surface area contributed by atoms with Crippen molar-refractivity contribution in [2.24, 2.45) is 5.92 Å². The first kappa shape index (κ1) is 15.4. The molecule has 114 valence electrons. The molecule has 0 aromatic heterocycles. The summed E-state index contributed by atoms with van der Waals surface area (Å²) in [7, 11) is 1.61. The second kappa shape index (κ2) is 6.20. The topological polar surface area (TPSA) is 57.6 Å². The molecular formula is C15H17F2NO3. The third kappa shape index (κ3) is 3.77. The zero-order chi connectivity index (χ0) is 15.6. The largest absolute Gasteiger partial charge is 0.481 e. The van der Waals surface area contributed by atoms with E-state index in [9.17, 15) is 18.4 Å². The summed E-state index contributed by atoms with van der Waals surface area (Å²) >= 11 is 0. The van der Waals surface area contributed by atoms with E-state index in [2.05, 4.69) is 0 Å². The summed E-state index contributed by atoms with van der Waals surface area (Å²) in [5, 5.41) is 8.55. The van der Waals surface area contributed by atoms with Crippen LogP contribution in [0, 0.1) is 17.6 Å². The van der Waals surface area contributed by atoms with E-state index in [1.807, 2.05) is 0 Å². The fourth-order valence-corrected chi connectivity index (χ4v) is 2.47. The Morgan fingerprint density at radius 2 is 2.10 bits per heavy atom. The summed E-state index contributed by atoms with van der Waals surface area (Å²) in [5.74, 6) is -2.77. The molecule has 1 aromatic rings. The van der Waals surface area contributed by atoms with Gasteiger partial charge < -0.3 is 10.0 Å². The minimum Gasteiger partial charge on any atom is -0.481 e. The Balaban J connectivity index is 1.90. The Morgan fingerprint density at radius 1 is 1.38 bits per heavy atom. The normalized spacial score (nSPS) is 20.1. The van der Waals surface area contributed by atoms with Gasteiger partial charge in [-0.05, 0) is 30.4 Å². The summed E-state index contributed by atoms with van der Waals surface area (Å²) in [6.45, 7) is 0.361. The molecule has 1 aliphatic rings. The smallest absolute Gasteiger partial charge is 0.303 e. The average molecular weight is 297 g/mol. The van der Waals surface area contributed by atoms with E-state index in [4.69, 9.17) is 5.11 Å². The van der Waals surface area contributed by atoms with Gasteiger partial charge in [0.1, 0.15) is 11.6 Å². The molecule has 0 spiro atoms. The van der Waals surface area contributed by atoms with Gasteiger partial charge in [-0.15, -0.1) is 0 Å². The van der Waals surface area contributed by atoms with Gasteiger partial charge in [0, 0.05) is 32.0 Å². The number of nitrogens with zero attached hydrogens (tertiary/aromatic N) is 1. The summed E-state index contributed by atoms with van der Waals surface area (Å²) in [6, 6.07) is 3.40. The van der Waals surface area contributed by atoms with Crippen LogP contribution in [-0.4, -0.2) is 35.5 Å². The van der Waals surface area contributed by atoms with Gasteiger partial charge in [0.05, 0.1) is 0 Å². The number of hydrogen-bond acceptors (Lipinski definition) is 2.